The average molecular weight is 263 g/mol. The van der Waals surface area contributed by atoms with Crippen LogP contribution in [0.3, 0.4) is 0 Å². The molecular formula is C17H13NS. The van der Waals surface area contributed by atoms with E-state index in [-0.39, 0.29) is 0 Å². The van der Waals surface area contributed by atoms with Crippen molar-refractivity contribution in [2.24, 2.45) is 0 Å². The summed E-state index contributed by atoms with van der Waals surface area (Å²) in [7, 11) is 0. The lowest BCUT2D eigenvalue weighted by atomic mass is 10.0. The molecule has 0 radical (unpaired) electrons. The number of allylic oxidation sites excluding steroid dienone is 1. The van der Waals surface area contributed by atoms with Gasteiger partial charge in [-0.2, -0.15) is 0 Å². The molecule has 0 atom stereocenters. The van der Waals surface area contributed by atoms with Gasteiger partial charge in [-0.05, 0) is 29.7 Å². The monoisotopic (exact) mass is 263 g/mol. The fourth-order valence-corrected chi connectivity index (χ4v) is 3.59. The molecule has 19 heavy (non-hydrogen) atoms. The van der Waals surface area contributed by atoms with Crippen LogP contribution < -0.4 is 4.90 Å². The van der Waals surface area contributed by atoms with E-state index < -0.39 is 0 Å². The molecule has 0 spiro atoms. The third-order valence-corrected chi connectivity index (χ3v) is 4.48. The Balaban J connectivity index is 1.85. The topological polar surface area (TPSA) is 3.24 Å². The molecular weight excluding hydrogens is 250 g/mol. The molecule has 0 bridgehead atoms. The number of rotatable bonds is 1. The molecule has 0 aromatic heterocycles. The number of thioether (sulfide) groups is 1. The van der Waals surface area contributed by atoms with Crippen LogP contribution in [-0.2, 0) is 6.42 Å². The van der Waals surface area contributed by atoms with Crippen molar-refractivity contribution in [2.45, 2.75) is 6.42 Å². The summed E-state index contributed by atoms with van der Waals surface area (Å²) >= 11 is 1.82. The SMILES string of the molecule is C1=C2SC=C(c3ccccc3)N2c2ccccc2C1. The number of fused-ring (bicyclic) bond motifs is 3. The third kappa shape index (κ3) is 1.71. The fraction of sp³-hybridized carbons (Fsp3) is 0.0588. The highest BCUT2D eigenvalue weighted by molar-refractivity contribution is 8.06. The second-order valence-electron chi connectivity index (χ2n) is 4.70. The standard InChI is InChI=1S/C17H13NS/c1-2-6-13(7-3-1)16-12-19-17-11-10-14-8-4-5-9-15(14)18(16)17/h1-9,11-12H,10H2. The molecule has 0 unspecified atom stereocenters. The highest BCUT2D eigenvalue weighted by Gasteiger charge is 2.27. The summed E-state index contributed by atoms with van der Waals surface area (Å²) in [6, 6.07) is 19.3. The van der Waals surface area contributed by atoms with E-state index in [1.807, 2.05) is 11.8 Å². The van der Waals surface area contributed by atoms with E-state index in [2.05, 4.69) is 71.0 Å². The zero-order valence-corrected chi connectivity index (χ0v) is 11.2. The quantitative estimate of drug-likeness (QED) is 0.737. The number of hydrogen-bond acceptors (Lipinski definition) is 2. The van der Waals surface area contributed by atoms with Crippen molar-refractivity contribution in [3.8, 4) is 0 Å². The molecule has 2 aliphatic heterocycles. The first kappa shape index (κ1) is 10.9. The van der Waals surface area contributed by atoms with Crippen LogP contribution >= 0.6 is 11.8 Å². The van der Waals surface area contributed by atoms with Crippen LogP contribution in [0.25, 0.3) is 5.70 Å². The van der Waals surface area contributed by atoms with Crippen LogP contribution in [0.4, 0.5) is 5.69 Å². The van der Waals surface area contributed by atoms with Crippen LogP contribution in [0.2, 0.25) is 0 Å². The zero-order chi connectivity index (χ0) is 12.7. The largest absolute Gasteiger partial charge is 0.303 e. The lowest BCUT2D eigenvalue weighted by Gasteiger charge is -2.29. The average Bonchev–Trinajstić information content (AvgIpc) is 2.92. The zero-order valence-electron chi connectivity index (χ0n) is 10.4. The molecule has 2 aromatic rings. The van der Waals surface area contributed by atoms with Crippen LogP contribution in [-0.4, -0.2) is 0 Å². The van der Waals surface area contributed by atoms with Crippen molar-refractivity contribution in [3.63, 3.8) is 0 Å². The summed E-state index contributed by atoms with van der Waals surface area (Å²) < 4.78 is 0. The predicted molar refractivity (Wildman–Crippen MR) is 82.7 cm³/mol. The Kier molecular flexibility index (Phi) is 2.49. The molecule has 0 fully saturated rings. The summed E-state index contributed by atoms with van der Waals surface area (Å²) in [6.07, 6.45) is 3.35. The summed E-state index contributed by atoms with van der Waals surface area (Å²) in [5.74, 6) is 0. The van der Waals surface area contributed by atoms with Gasteiger partial charge in [-0.3, -0.25) is 0 Å². The maximum absolute atomic E-state index is 2.37. The Morgan fingerprint density at radius 1 is 0.895 bits per heavy atom. The second-order valence-corrected chi connectivity index (χ2v) is 5.59. The van der Waals surface area contributed by atoms with Crippen molar-refractivity contribution >= 4 is 23.1 Å². The molecule has 2 aliphatic rings. The number of nitrogens with zero attached hydrogens (tertiary/aromatic N) is 1. The second kappa shape index (κ2) is 4.32. The molecule has 0 saturated heterocycles. The summed E-state index contributed by atoms with van der Waals surface area (Å²) in [6.45, 7) is 0. The number of anilines is 1. The number of benzene rings is 2. The Labute approximate surface area is 117 Å². The van der Waals surface area contributed by atoms with Gasteiger partial charge in [0.25, 0.3) is 0 Å². The molecule has 2 aromatic carbocycles. The highest BCUT2D eigenvalue weighted by atomic mass is 32.2. The lowest BCUT2D eigenvalue weighted by Crippen LogP contribution is -2.20. The van der Waals surface area contributed by atoms with Crippen molar-refractivity contribution in [1.29, 1.82) is 0 Å². The van der Waals surface area contributed by atoms with Crippen LogP contribution in [0.1, 0.15) is 11.1 Å². The van der Waals surface area contributed by atoms with E-state index in [1.54, 1.807) is 0 Å². The minimum atomic E-state index is 1.03. The number of para-hydroxylation sites is 1. The van der Waals surface area contributed by atoms with Crippen molar-refractivity contribution in [3.05, 3.63) is 82.2 Å². The first-order valence-corrected chi connectivity index (χ1v) is 7.32. The van der Waals surface area contributed by atoms with Gasteiger partial charge in [-0.25, -0.2) is 0 Å². The highest BCUT2D eigenvalue weighted by Crippen LogP contribution is 2.46. The maximum atomic E-state index is 2.37. The molecule has 0 N–H and O–H groups in total. The molecule has 92 valence electrons. The minimum Gasteiger partial charge on any atom is -0.303 e. The van der Waals surface area contributed by atoms with Crippen LogP contribution in [0.5, 0.6) is 0 Å². The third-order valence-electron chi connectivity index (χ3n) is 3.55. The Morgan fingerprint density at radius 2 is 1.68 bits per heavy atom. The Bertz CT molecular complexity index is 685. The number of hydrogen-bond donors (Lipinski definition) is 0. The molecule has 0 saturated carbocycles. The van der Waals surface area contributed by atoms with Gasteiger partial charge in [0.05, 0.1) is 16.4 Å². The van der Waals surface area contributed by atoms with Gasteiger partial charge >= 0.3 is 0 Å². The van der Waals surface area contributed by atoms with E-state index in [4.69, 9.17) is 0 Å². The van der Waals surface area contributed by atoms with E-state index in [0.29, 0.717) is 0 Å². The molecule has 4 rings (SSSR count). The first-order valence-electron chi connectivity index (χ1n) is 6.44. The Hall–Kier alpha value is -1.93. The van der Waals surface area contributed by atoms with E-state index in [1.165, 1.54) is 27.5 Å². The van der Waals surface area contributed by atoms with E-state index in [9.17, 15) is 0 Å². The summed E-state index contributed by atoms with van der Waals surface area (Å²) in [5.41, 5.74) is 5.27. The molecule has 2 heterocycles. The first-order chi connectivity index (χ1) is 9.43. The molecule has 2 heteroatoms. The summed E-state index contributed by atoms with van der Waals surface area (Å²) in [5, 5.41) is 3.58. The van der Waals surface area contributed by atoms with Crippen molar-refractivity contribution < 1.29 is 0 Å². The van der Waals surface area contributed by atoms with Gasteiger partial charge in [0, 0.05) is 5.41 Å². The minimum absolute atomic E-state index is 1.03. The van der Waals surface area contributed by atoms with E-state index in [0.717, 1.165) is 6.42 Å². The molecule has 0 amide bonds. The normalized spacial score (nSPS) is 16.5. The predicted octanol–water partition coefficient (Wildman–Crippen LogP) is 4.64. The fourth-order valence-electron chi connectivity index (χ4n) is 2.63. The van der Waals surface area contributed by atoms with Gasteiger partial charge in [0.15, 0.2) is 0 Å². The van der Waals surface area contributed by atoms with Gasteiger partial charge in [0.1, 0.15) is 0 Å². The molecule has 0 aliphatic carbocycles. The van der Waals surface area contributed by atoms with Crippen molar-refractivity contribution in [1.82, 2.24) is 0 Å². The van der Waals surface area contributed by atoms with Gasteiger partial charge in [-0.1, -0.05) is 60.3 Å². The van der Waals surface area contributed by atoms with Gasteiger partial charge in [0.2, 0.25) is 0 Å². The maximum Gasteiger partial charge on any atom is 0.0804 e. The smallest absolute Gasteiger partial charge is 0.0804 e. The van der Waals surface area contributed by atoms with E-state index >= 15 is 0 Å². The van der Waals surface area contributed by atoms with Gasteiger partial charge in [-0.15, -0.1) is 0 Å². The summed E-state index contributed by atoms with van der Waals surface area (Å²) in [4.78, 5) is 2.37. The van der Waals surface area contributed by atoms with Gasteiger partial charge < -0.3 is 4.90 Å². The Morgan fingerprint density at radius 3 is 2.58 bits per heavy atom. The van der Waals surface area contributed by atoms with Crippen molar-refractivity contribution in [2.75, 3.05) is 4.90 Å². The van der Waals surface area contributed by atoms with Crippen LogP contribution in [0, 0.1) is 0 Å². The lowest BCUT2D eigenvalue weighted by molar-refractivity contribution is 1.13. The van der Waals surface area contributed by atoms with Crippen LogP contribution in [0.15, 0.2) is 71.1 Å². The molecule has 1 nitrogen and oxygen atoms in total.